The van der Waals surface area contributed by atoms with E-state index in [0.29, 0.717) is 0 Å². The lowest BCUT2D eigenvalue weighted by Gasteiger charge is -2.14. The Hall–Kier alpha value is -0.340. The molecule has 7 heteroatoms. The van der Waals surface area contributed by atoms with Crippen molar-refractivity contribution in [2.45, 2.75) is 18.3 Å². The van der Waals surface area contributed by atoms with Gasteiger partial charge in [-0.3, -0.25) is 9.59 Å². The van der Waals surface area contributed by atoms with E-state index in [9.17, 15) is 9.59 Å². The highest BCUT2D eigenvalue weighted by Gasteiger charge is 2.32. The van der Waals surface area contributed by atoms with Gasteiger partial charge in [0.05, 0.1) is 12.7 Å². The fourth-order valence-electron chi connectivity index (χ4n) is 0.652. The fraction of sp³-hybridized carbons (Fsp3) is 0.714. The highest BCUT2D eigenvalue weighted by atomic mass is 79.9. The van der Waals surface area contributed by atoms with Crippen LogP contribution in [0.3, 0.4) is 0 Å². The minimum atomic E-state index is -1.89. The Bertz CT molecular complexity index is 218. The highest BCUT2D eigenvalue weighted by molar-refractivity contribution is 9.09. The van der Waals surface area contributed by atoms with Crippen molar-refractivity contribution >= 4 is 27.5 Å². The summed E-state index contributed by atoms with van der Waals surface area (Å²) < 4.78 is 0. The molecule has 0 bridgehead atoms. The van der Waals surface area contributed by atoms with E-state index in [1.165, 1.54) is 0 Å². The smallest absolute Gasteiger partial charge is 0.232 e. The van der Waals surface area contributed by atoms with Crippen molar-refractivity contribution in [2.75, 3.05) is 11.9 Å². The third-order valence-electron chi connectivity index (χ3n) is 1.51. The minimum absolute atomic E-state index is 0.0809. The fourth-order valence-corrected chi connectivity index (χ4v) is 1.01. The molecule has 4 N–H and O–H groups in total. The average molecular weight is 271 g/mol. The van der Waals surface area contributed by atoms with Gasteiger partial charge in [0.25, 0.3) is 0 Å². The Morgan fingerprint density at radius 2 is 1.64 bits per heavy atom. The van der Waals surface area contributed by atoms with E-state index in [2.05, 4.69) is 15.9 Å². The SMILES string of the molecule is O=C(C(=O)[C@H](O)CO)C(O)C(O)CBr. The second kappa shape index (κ2) is 6.20. The van der Waals surface area contributed by atoms with Gasteiger partial charge in [-0.2, -0.15) is 0 Å². The molecule has 0 radical (unpaired) electrons. The zero-order valence-corrected chi connectivity index (χ0v) is 8.72. The zero-order chi connectivity index (χ0) is 11.3. The topological polar surface area (TPSA) is 115 Å². The number of carbonyl (C=O) groups is 2. The normalized spacial score (nSPS) is 17.2. The number of carbonyl (C=O) groups excluding carboxylic acids is 2. The molecule has 0 aromatic rings. The van der Waals surface area contributed by atoms with Gasteiger partial charge in [0.15, 0.2) is 0 Å². The van der Waals surface area contributed by atoms with Crippen LogP contribution in [0.4, 0.5) is 0 Å². The number of hydrogen-bond acceptors (Lipinski definition) is 6. The van der Waals surface area contributed by atoms with E-state index in [1.807, 2.05) is 0 Å². The number of halogens is 1. The van der Waals surface area contributed by atoms with Crippen LogP contribution in [0.5, 0.6) is 0 Å². The number of aliphatic hydroxyl groups is 4. The lowest BCUT2D eigenvalue weighted by atomic mass is 10.0. The van der Waals surface area contributed by atoms with Crippen LogP contribution in [0.25, 0.3) is 0 Å². The molecule has 0 rings (SSSR count). The second-order valence-electron chi connectivity index (χ2n) is 2.59. The van der Waals surface area contributed by atoms with Gasteiger partial charge in [-0.1, -0.05) is 15.9 Å². The van der Waals surface area contributed by atoms with E-state index in [-0.39, 0.29) is 5.33 Å². The van der Waals surface area contributed by atoms with Gasteiger partial charge in [0.2, 0.25) is 11.6 Å². The number of hydrogen-bond donors (Lipinski definition) is 4. The van der Waals surface area contributed by atoms with Crippen molar-refractivity contribution in [1.82, 2.24) is 0 Å². The van der Waals surface area contributed by atoms with E-state index in [1.54, 1.807) is 0 Å². The van der Waals surface area contributed by atoms with Gasteiger partial charge in [-0.25, -0.2) is 0 Å². The number of rotatable bonds is 6. The summed E-state index contributed by atoms with van der Waals surface area (Å²) in [5.74, 6) is -2.64. The van der Waals surface area contributed by atoms with E-state index >= 15 is 0 Å². The Labute approximate surface area is 88.3 Å². The molecule has 6 nitrogen and oxygen atoms in total. The van der Waals surface area contributed by atoms with E-state index in [4.69, 9.17) is 20.4 Å². The summed E-state index contributed by atoms with van der Waals surface area (Å²) in [6.45, 7) is -0.901. The quantitative estimate of drug-likeness (QED) is 0.316. The van der Waals surface area contributed by atoms with Gasteiger partial charge >= 0.3 is 0 Å². The molecule has 82 valence electrons. The predicted octanol–water partition coefficient (Wildman–Crippen LogP) is -2.41. The van der Waals surface area contributed by atoms with Crippen LogP contribution in [0.1, 0.15) is 0 Å². The standard InChI is InChI=1S/C7H11BrO6/c8-1-3(10)5(12)7(14)6(13)4(11)2-9/h3-5,9-12H,1-2H2/t3?,4-,5?/m1/s1. The molecule has 0 aromatic heterocycles. The molecule has 0 saturated carbocycles. The van der Waals surface area contributed by atoms with Crippen molar-refractivity contribution in [3.05, 3.63) is 0 Å². The number of Topliss-reactive ketones (excluding diaryl/α,β-unsaturated/α-hetero) is 2. The lowest BCUT2D eigenvalue weighted by Crippen LogP contribution is -2.44. The first-order valence-electron chi connectivity index (χ1n) is 3.74. The van der Waals surface area contributed by atoms with Crippen LogP contribution >= 0.6 is 15.9 Å². The molecule has 0 aliphatic rings. The third-order valence-corrected chi connectivity index (χ3v) is 2.17. The summed E-state index contributed by atoms with van der Waals surface area (Å²) in [6, 6.07) is 0. The van der Waals surface area contributed by atoms with Crippen LogP contribution in [-0.4, -0.2) is 62.2 Å². The van der Waals surface area contributed by atoms with Crippen molar-refractivity contribution < 1.29 is 30.0 Å². The maximum absolute atomic E-state index is 11.0. The number of aliphatic hydroxyl groups excluding tert-OH is 4. The summed E-state index contributed by atoms with van der Waals surface area (Å²) >= 11 is 2.80. The Morgan fingerprint density at radius 3 is 2.00 bits per heavy atom. The maximum atomic E-state index is 11.0. The monoisotopic (exact) mass is 270 g/mol. The van der Waals surface area contributed by atoms with Crippen LogP contribution in [-0.2, 0) is 9.59 Å². The molecule has 0 fully saturated rings. The van der Waals surface area contributed by atoms with Crippen LogP contribution in [0.2, 0.25) is 0 Å². The molecule has 2 unspecified atom stereocenters. The largest absolute Gasteiger partial charge is 0.393 e. The lowest BCUT2D eigenvalue weighted by molar-refractivity contribution is -0.150. The van der Waals surface area contributed by atoms with Crippen LogP contribution in [0.15, 0.2) is 0 Å². The van der Waals surface area contributed by atoms with Gasteiger partial charge < -0.3 is 20.4 Å². The molecule has 14 heavy (non-hydrogen) atoms. The first-order chi connectivity index (χ1) is 6.45. The molecule has 0 heterocycles. The van der Waals surface area contributed by atoms with Crippen molar-refractivity contribution in [3.8, 4) is 0 Å². The molecule has 0 aliphatic carbocycles. The minimum Gasteiger partial charge on any atom is -0.393 e. The Morgan fingerprint density at radius 1 is 1.14 bits per heavy atom. The maximum Gasteiger partial charge on any atom is 0.232 e. The zero-order valence-electron chi connectivity index (χ0n) is 7.13. The number of alkyl halides is 1. The second-order valence-corrected chi connectivity index (χ2v) is 3.24. The summed E-state index contributed by atoms with van der Waals surface area (Å²) in [7, 11) is 0. The van der Waals surface area contributed by atoms with Crippen molar-refractivity contribution in [3.63, 3.8) is 0 Å². The summed E-state index contributed by atoms with van der Waals surface area (Å²) in [5.41, 5.74) is 0. The van der Waals surface area contributed by atoms with E-state index < -0.39 is 36.5 Å². The average Bonchev–Trinajstić information content (AvgIpc) is 2.23. The molecule has 0 spiro atoms. The van der Waals surface area contributed by atoms with Gasteiger partial charge in [-0.05, 0) is 0 Å². The molecule has 0 aliphatic heterocycles. The van der Waals surface area contributed by atoms with Crippen molar-refractivity contribution in [1.29, 1.82) is 0 Å². The third kappa shape index (κ3) is 3.43. The molecule has 0 aromatic carbocycles. The molecule has 3 atom stereocenters. The molecular weight excluding hydrogens is 260 g/mol. The highest BCUT2D eigenvalue weighted by Crippen LogP contribution is 2.01. The van der Waals surface area contributed by atoms with Gasteiger partial charge in [-0.15, -0.1) is 0 Å². The first-order valence-corrected chi connectivity index (χ1v) is 4.86. The Balaban J connectivity index is 4.39. The summed E-state index contributed by atoms with van der Waals surface area (Å²) in [6.07, 6.45) is -5.15. The number of ketones is 2. The summed E-state index contributed by atoms with van der Waals surface area (Å²) in [4.78, 5) is 21.9. The molecule has 0 saturated heterocycles. The van der Waals surface area contributed by atoms with Gasteiger partial charge in [0, 0.05) is 5.33 Å². The molecule has 0 amide bonds. The first kappa shape index (κ1) is 13.7. The van der Waals surface area contributed by atoms with Crippen molar-refractivity contribution in [2.24, 2.45) is 0 Å². The Kier molecular flexibility index (Phi) is 6.05. The van der Waals surface area contributed by atoms with Gasteiger partial charge in [0.1, 0.15) is 12.2 Å². The summed E-state index contributed by atoms with van der Waals surface area (Å²) in [5, 5.41) is 35.1. The van der Waals surface area contributed by atoms with Crippen LogP contribution in [0, 0.1) is 0 Å². The van der Waals surface area contributed by atoms with E-state index in [0.717, 1.165) is 0 Å². The predicted molar refractivity (Wildman–Crippen MR) is 48.9 cm³/mol. The molecular formula is C7H11BrO6. The van der Waals surface area contributed by atoms with Crippen LogP contribution < -0.4 is 0 Å².